The Morgan fingerprint density at radius 1 is 1.15 bits per heavy atom. The third kappa shape index (κ3) is 3.99. The van der Waals surface area contributed by atoms with Crippen LogP contribution in [-0.2, 0) is 16.1 Å². The first kappa shape index (κ1) is 21.3. The van der Waals surface area contributed by atoms with E-state index in [-0.39, 0.29) is 23.4 Å². The van der Waals surface area contributed by atoms with Crippen LogP contribution in [0.15, 0.2) is 50.9 Å². The molecule has 0 saturated carbocycles. The number of thioether (sulfide) groups is 1. The molecule has 2 aliphatic heterocycles. The van der Waals surface area contributed by atoms with E-state index in [1.807, 2.05) is 6.07 Å². The monoisotopic (exact) mass is 470 g/mol. The largest absolute Gasteiger partial charge is 0.444 e. The van der Waals surface area contributed by atoms with Crippen LogP contribution in [-0.4, -0.2) is 40.0 Å². The van der Waals surface area contributed by atoms with Gasteiger partial charge < -0.3 is 15.0 Å². The molecular weight excluding hydrogens is 451 g/mol. The number of hydrogen-bond donors (Lipinski definition) is 2. The second-order valence-electron chi connectivity index (χ2n) is 7.83. The molecule has 5 rings (SSSR count). The molecule has 3 aromatic rings. The van der Waals surface area contributed by atoms with Crippen LogP contribution in [0.4, 0.5) is 20.6 Å². The Bertz CT molecular complexity index is 1400. The predicted molar refractivity (Wildman–Crippen MR) is 121 cm³/mol. The van der Waals surface area contributed by atoms with E-state index in [0.29, 0.717) is 36.5 Å². The van der Waals surface area contributed by atoms with Gasteiger partial charge >= 0.3 is 11.8 Å². The highest BCUT2D eigenvalue weighted by Gasteiger charge is 2.32. The summed E-state index contributed by atoms with van der Waals surface area (Å²) >= 11 is 1.44. The molecule has 2 aromatic carbocycles. The Morgan fingerprint density at radius 2 is 2.00 bits per heavy atom. The fourth-order valence-electron chi connectivity index (χ4n) is 4.04. The van der Waals surface area contributed by atoms with Crippen molar-refractivity contribution in [1.82, 2.24) is 9.55 Å². The summed E-state index contributed by atoms with van der Waals surface area (Å²) in [6.07, 6.45) is -0.0598. The minimum Gasteiger partial charge on any atom is -0.444 e. The number of cyclic esters (lactones) is 1. The summed E-state index contributed by atoms with van der Waals surface area (Å²) in [6.45, 7) is 0.420. The number of carbonyl (C=O) groups excluding carboxylic acids is 2. The van der Waals surface area contributed by atoms with Gasteiger partial charge in [-0.25, -0.2) is 14.0 Å². The van der Waals surface area contributed by atoms with Crippen LogP contribution in [0.5, 0.6) is 0 Å². The van der Waals surface area contributed by atoms with E-state index >= 15 is 0 Å². The van der Waals surface area contributed by atoms with Crippen molar-refractivity contribution in [1.29, 1.82) is 0 Å². The Hall–Kier alpha value is -3.60. The molecule has 2 aliphatic rings. The summed E-state index contributed by atoms with van der Waals surface area (Å²) in [4.78, 5) is 53.8. The molecule has 170 valence electrons. The number of nitrogens with one attached hydrogen (secondary N) is 2. The van der Waals surface area contributed by atoms with Crippen molar-refractivity contribution in [3.63, 3.8) is 0 Å². The number of rotatable bonds is 5. The molecule has 2 N–H and O–H groups in total. The fraction of sp³-hybridized carbons (Fsp3) is 0.273. The van der Waals surface area contributed by atoms with Crippen molar-refractivity contribution in [2.75, 3.05) is 22.5 Å². The number of hydrogen-bond acceptors (Lipinski definition) is 6. The van der Waals surface area contributed by atoms with Gasteiger partial charge in [0.2, 0.25) is 5.91 Å². The quantitative estimate of drug-likeness (QED) is 0.593. The third-order valence-electron chi connectivity index (χ3n) is 5.66. The number of benzene rings is 2. The molecule has 2 amide bonds. The Labute approximate surface area is 190 Å². The van der Waals surface area contributed by atoms with Crippen LogP contribution < -0.4 is 21.5 Å². The van der Waals surface area contributed by atoms with Gasteiger partial charge in [0.1, 0.15) is 11.9 Å². The number of amides is 2. The van der Waals surface area contributed by atoms with E-state index in [4.69, 9.17) is 4.74 Å². The molecule has 1 fully saturated rings. The zero-order valence-electron chi connectivity index (χ0n) is 17.3. The molecule has 33 heavy (non-hydrogen) atoms. The molecule has 1 aromatic heterocycles. The zero-order valence-corrected chi connectivity index (χ0v) is 18.1. The van der Waals surface area contributed by atoms with Crippen LogP contribution in [0, 0.1) is 5.82 Å². The topological polar surface area (TPSA) is 114 Å². The average Bonchev–Trinajstić information content (AvgIpc) is 3.16. The summed E-state index contributed by atoms with van der Waals surface area (Å²) in [7, 11) is 0. The highest BCUT2D eigenvalue weighted by molar-refractivity contribution is 8.00. The number of fused-ring (bicyclic) bond motifs is 2. The maximum absolute atomic E-state index is 13.9. The summed E-state index contributed by atoms with van der Waals surface area (Å²) in [5.41, 5.74) is -0.0720. The Morgan fingerprint density at radius 3 is 2.85 bits per heavy atom. The van der Waals surface area contributed by atoms with Crippen LogP contribution in [0.1, 0.15) is 12.8 Å². The van der Waals surface area contributed by atoms with Gasteiger partial charge in [-0.05, 0) is 43.2 Å². The Kier molecular flexibility index (Phi) is 5.41. The van der Waals surface area contributed by atoms with Crippen molar-refractivity contribution in [3.05, 3.63) is 63.1 Å². The number of aromatic nitrogens is 2. The second-order valence-corrected chi connectivity index (χ2v) is 8.84. The lowest BCUT2D eigenvalue weighted by atomic mass is 10.2. The van der Waals surface area contributed by atoms with E-state index < -0.39 is 29.3 Å². The predicted octanol–water partition coefficient (Wildman–Crippen LogP) is 2.68. The van der Waals surface area contributed by atoms with Gasteiger partial charge in [-0.3, -0.25) is 19.1 Å². The summed E-state index contributed by atoms with van der Waals surface area (Å²) < 4.78 is 20.3. The molecule has 1 saturated heterocycles. The van der Waals surface area contributed by atoms with E-state index in [1.165, 1.54) is 34.9 Å². The van der Waals surface area contributed by atoms with Crippen LogP contribution in [0.3, 0.4) is 0 Å². The molecule has 0 bridgehead atoms. The van der Waals surface area contributed by atoms with Gasteiger partial charge in [-0.2, -0.15) is 0 Å². The highest BCUT2D eigenvalue weighted by Crippen LogP contribution is 2.35. The number of carbonyl (C=O) groups is 2. The van der Waals surface area contributed by atoms with Gasteiger partial charge in [0.15, 0.2) is 0 Å². The minimum absolute atomic E-state index is 0.0896. The van der Waals surface area contributed by atoms with Crippen molar-refractivity contribution in [2.45, 2.75) is 30.4 Å². The number of ether oxygens (including phenoxy) is 1. The van der Waals surface area contributed by atoms with E-state index in [0.717, 1.165) is 9.46 Å². The molecule has 11 heteroatoms. The molecular formula is C22H19FN4O5S. The number of halogens is 1. The van der Waals surface area contributed by atoms with Gasteiger partial charge in [0, 0.05) is 17.1 Å². The van der Waals surface area contributed by atoms with Crippen molar-refractivity contribution in [3.8, 4) is 0 Å². The van der Waals surface area contributed by atoms with Crippen LogP contribution in [0.25, 0.3) is 10.9 Å². The Balaban J connectivity index is 1.26. The molecule has 9 nitrogen and oxygen atoms in total. The molecule has 0 spiro atoms. The maximum atomic E-state index is 13.9. The SMILES string of the molecule is O=C1CSc2ccc(N3CC(CCCn4c(=O)[nH]c5c(F)cccc5c4=O)OC3=O)cc2N1. The number of nitrogens with zero attached hydrogens (tertiary/aromatic N) is 2. The van der Waals surface area contributed by atoms with Gasteiger partial charge in [-0.1, -0.05) is 6.07 Å². The lowest BCUT2D eigenvalue weighted by Gasteiger charge is -2.20. The molecule has 0 radical (unpaired) electrons. The standard InChI is InChI=1S/C22H19FN4O5S/c23-15-5-1-4-14-19(15)25-21(30)26(20(14)29)8-2-3-13-10-27(22(31)32-13)12-6-7-17-16(9-12)24-18(28)11-33-17/h1,4-7,9,13H,2-3,8,10-11H2,(H,24,28)(H,25,30). The van der Waals surface area contributed by atoms with E-state index in [2.05, 4.69) is 10.3 Å². The second kappa shape index (κ2) is 8.39. The van der Waals surface area contributed by atoms with E-state index in [9.17, 15) is 23.6 Å². The highest BCUT2D eigenvalue weighted by atomic mass is 32.2. The van der Waals surface area contributed by atoms with Gasteiger partial charge in [-0.15, -0.1) is 11.8 Å². The van der Waals surface area contributed by atoms with Crippen LogP contribution in [0.2, 0.25) is 0 Å². The summed E-state index contributed by atoms with van der Waals surface area (Å²) in [6, 6.07) is 9.47. The maximum Gasteiger partial charge on any atom is 0.414 e. The normalized spacial score (nSPS) is 17.7. The van der Waals surface area contributed by atoms with E-state index in [1.54, 1.807) is 12.1 Å². The smallest absolute Gasteiger partial charge is 0.414 e. The number of para-hydroxylation sites is 1. The van der Waals surface area contributed by atoms with Gasteiger partial charge in [0.25, 0.3) is 5.56 Å². The molecule has 1 atom stereocenters. The average molecular weight is 470 g/mol. The lowest BCUT2D eigenvalue weighted by Crippen LogP contribution is -2.35. The van der Waals surface area contributed by atoms with Crippen LogP contribution >= 0.6 is 11.8 Å². The molecule has 0 aliphatic carbocycles. The first-order valence-electron chi connectivity index (χ1n) is 10.4. The van der Waals surface area contributed by atoms with Crippen molar-refractivity contribution in [2.24, 2.45) is 0 Å². The number of H-pyrrole nitrogens is 1. The van der Waals surface area contributed by atoms with Crippen molar-refractivity contribution >= 4 is 46.0 Å². The lowest BCUT2D eigenvalue weighted by molar-refractivity contribution is -0.113. The number of aromatic amines is 1. The summed E-state index contributed by atoms with van der Waals surface area (Å²) in [5, 5.41) is 2.90. The summed E-state index contributed by atoms with van der Waals surface area (Å²) in [5.74, 6) is -0.390. The fourth-order valence-corrected chi connectivity index (χ4v) is 4.83. The number of anilines is 2. The zero-order chi connectivity index (χ0) is 23.1. The first-order chi connectivity index (χ1) is 15.9. The third-order valence-corrected chi connectivity index (χ3v) is 6.73. The molecule has 3 heterocycles. The minimum atomic E-state index is -0.684. The molecule has 1 unspecified atom stereocenters. The van der Waals surface area contributed by atoms with Crippen molar-refractivity contribution < 1.29 is 18.7 Å². The van der Waals surface area contributed by atoms with Gasteiger partial charge in [0.05, 0.1) is 28.9 Å². The first-order valence-corrected chi connectivity index (χ1v) is 11.4.